The Balaban J connectivity index is 1.45. The van der Waals surface area contributed by atoms with Gasteiger partial charge in [-0.3, -0.25) is 4.79 Å². The van der Waals surface area contributed by atoms with Gasteiger partial charge in [0.1, 0.15) is 24.7 Å². The molecule has 0 spiro atoms. The topological polar surface area (TPSA) is 55.8 Å². The van der Waals surface area contributed by atoms with E-state index in [9.17, 15) is 9.90 Å². The number of halogens is 2. The number of carbonyl (C=O) groups excluding carboxylic acids is 1. The molecule has 0 aliphatic rings. The summed E-state index contributed by atoms with van der Waals surface area (Å²) in [4.78, 5) is 13.8. The Hall–Kier alpha value is -3.82. The van der Waals surface area contributed by atoms with Crippen molar-refractivity contribution < 1.29 is 23.8 Å². The Morgan fingerprint density at radius 1 is 0.780 bits per heavy atom. The van der Waals surface area contributed by atoms with Gasteiger partial charge in [-0.05, 0) is 75.7 Å². The molecule has 0 saturated heterocycles. The van der Waals surface area contributed by atoms with Crippen molar-refractivity contribution in [2.24, 2.45) is 0 Å². The lowest BCUT2D eigenvalue weighted by molar-refractivity contribution is 0.0989. The number of benzene rings is 5. The fourth-order valence-corrected chi connectivity index (χ4v) is 5.67. The van der Waals surface area contributed by atoms with E-state index in [2.05, 4.69) is 22.6 Å². The molecule has 0 fully saturated rings. The van der Waals surface area contributed by atoms with E-state index in [0.29, 0.717) is 23.5 Å². The minimum Gasteiger partial charge on any atom is -0.507 e. The van der Waals surface area contributed by atoms with Crippen LogP contribution in [0.3, 0.4) is 0 Å². The van der Waals surface area contributed by atoms with Gasteiger partial charge < -0.3 is 14.6 Å². The summed E-state index contributed by atoms with van der Waals surface area (Å²) in [6.07, 6.45) is 0. The van der Waals surface area contributed by atoms with Crippen LogP contribution in [0.2, 0.25) is 0 Å². The molecule has 0 aliphatic carbocycles. The summed E-state index contributed by atoms with van der Waals surface area (Å²) in [7, 11) is 0. The van der Waals surface area contributed by atoms with Crippen molar-refractivity contribution in [3.63, 3.8) is 0 Å². The summed E-state index contributed by atoms with van der Waals surface area (Å²) in [6, 6.07) is 36.4. The normalized spacial score (nSPS) is 11.6. The fourth-order valence-electron chi connectivity index (χ4n) is 4.15. The third-order valence-corrected chi connectivity index (χ3v) is 8.35. The Morgan fingerprint density at radius 2 is 1.41 bits per heavy atom. The summed E-state index contributed by atoms with van der Waals surface area (Å²) < 4.78 is 28.5. The highest BCUT2D eigenvalue weighted by atomic mass is 127. The summed E-state index contributed by atoms with van der Waals surface area (Å²) in [5.74, 6) is -0.633. The maximum absolute atomic E-state index is 15.8. The number of phenolic OH excluding ortho intramolecular Hbond substituents is 1. The van der Waals surface area contributed by atoms with Crippen LogP contribution in [0, 0.1) is 9.39 Å². The van der Waals surface area contributed by atoms with Crippen molar-refractivity contribution in [2.75, 3.05) is 0 Å². The molecule has 5 rings (SSSR count). The Morgan fingerprint density at radius 3 is 2.07 bits per heavy atom. The average Bonchev–Trinajstić information content (AvgIpc) is 3.01. The molecular formula is C34H26FIO4S. The van der Waals surface area contributed by atoms with Crippen LogP contribution >= 0.6 is 34.4 Å². The van der Waals surface area contributed by atoms with Gasteiger partial charge >= 0.3 is 0 Å². The predicted molar refractivity (Wildman–Crippen MR) is 168 cm³/mol. The number of carbonyl (C=O) groups is 1. The number of hydrogen-bond donors (Lipinski definition) is 1. The van der Waals surface area contributed by atoms with Gasteiger partial charge in [0.2, 0.25) is 0 Å². The van der Waals surface area contributed by atoms with Crippen LogP contribution in [0.5, 0.6) is 17.2 Å². The number of thioether (sulfide) groups is 1. The minimum absolute atomic E-state index is 0.00504. The Bertz CT molecular complexity index is 1610. The number of rotatable bonds is 11. The quantitative estimate of drug-likeness (QED) is 0.0860. The largest absolute Gasteiger partial charge is 0.507 e. The van der Waals surface area contributed by atoms with E-state index in [1.54, 1.807) is 24.3 Å². The average molecular weight is 677 g/mol. The van der Waals surface area contributed by atoms with Gasteiger partial charge in [0.25, 0.3) is 0 Å². The first-order valence-corrected chi connectivity index (χ1v) is 14.8. The summed E-state index contributed by atoms with van der Waals surface area (Å²) in [6.45, 7) is 0.530. The van der Waals surface area contributed by atoms with Crippen molar-refractivity contribution >= 4 is 40.1 Å². The predicted octanol–water partition coefficient (Wildman–Crippen LogP) is 9.01. The molecule has 0 saturated carbocycles. The van der Waals surface area contributed by atoms with E-state index < -0.39 is 11.1 Å². The number of aromatic hydroxyl groups is 1. The van der Waals surface area contributed by atoms with Gasteiger partial charge in [-0.25, -0.2) is 4.39 Å². The number of Topliss-reactive ketones (excluding diaryl/α,β-unsaturated/α-hetero) is 1. The number of hydrogen-bond acceptors (Lipinski definition) is 5. The number of phenols is 1. The van der Waals surface area contributed by atoms with Crippen LogP contribution in [-0.2, 0) is 13.2 Å². The molecule has 0 aliphatic heterocycles. The zero-order valence-corrected chi connectivity index (χ0v) is 24.8. The first kappa shape index (κ1) is 28.7. The summed E-state index contributed by atoms with van der Waals surface area (Å²) >= 11 is 3.13. The van der Waals surface area contributed by atoms with Crippen LogP contribution in [0.4, 0.5) is 4.39 Å². The van der Waals surface area contributed by atoms with E-state index in [1.807, 2.05) is 84.9 Å². The first-order valence-electron chi connectivity index (χ1n) is 12.9. The molecule has 0 bridgehead atoms. The molecule has 5 aromatic rings. The maximum Gasteiger partial charge on any atom is 0.182 e. The highest BCUT2D eigenvalue weighted by molar-refractivity contribution is 14.1. The molecule has 0 aromatic heterocycles. The zero-order valence-electron chi connectivity index (χ0n) is 21.9. The van der Waals surface area contributed by atoms with Crippen molar-refractivity contribution in [1.29, 1.82) is 0 Å². The van der Waals surface area contributed by atoms with Crippen molar-refractivity contribution in [3.8, 4) is 17.2 Å². The second-order valence-corrected chi connectivity index (χ2v) is 11.6. The molecule has 1 N–H and O–H groups in total. The first-order chi connectivity index (χ1) is 20.0. The Labute approximate surface area is 256 Å². The minimum atomic E-state index is -0.861. The van der Waals surface area contributed by atoms with E-state index in [4.69, 9.17) is 9.47 Å². The molecule has 7 heteroatoms. The van der Waals surface area contributed by atoms with E-state index in [0.717, 1.165) is 26.5 Å². The standard InChI is InChI=1S/C34H26FIO4S/c35-31-30(40-22-24-10-5-2-6-11-24)19-18-29(37)34(31)41-33(32(38)25-14-16-27(36)17-15-25)26-12-7-13-28(20-26)39-21-23-8-3-1-4-9-23/h1-20,33,37H,21-22H2. The van der Waals surface area contributed by atoms with Crippen LogP contribution < -0.4 is 9.47 Å². The summed E-state index contributed by atoms with van der Waals surface area (Å²) in [5.41, 5.74) is 3.00. The molecule has 1 unspecified atom stereocenters. The van der Waals surface area contributed by atoms with Crippen LogP contribution in [0.1, 0.15) is 32.3 Å². The van der Waals surface area contributed by atoms with E-state index in [1.165, 1.54) is 12.1 Å². The van der Waals surface area contributed by atoms with Gasteiger partial charge in [-0.15, -0.1) is 11.8 Å². The van der Waals surface area contributed by atoms with Gasteiger partial charge in [0.15, 0.2) is 17.3 Å². The molecular weight excluding hydrogens is 650 g/mol. The van der Waals surface area contributed by atoms with E-state index >= 15 is 4.39 Å². The lowest BCUT2D eigenvalue weighted by atomic mass is 10.0. The third-order valence-electron chi connectivity index (χ3n) is 6.29. The SMILES string of the molecule is O=C(c1ccc(I)cc1)C(Sc1c(O)ccc(OCc2ccccc2)c1F)c1cccc(OCc2ccccc2)c1. The lowest BCUT2D eigenvalue weighted by Gasteiger charge is -2.19. The van der Waals surface area contributed by atoms with Crippen molar-refractivity contribution in [3.05, 3.63) is 153 Å². The van der Waals surface area contributed by atoms with E-state index in [-0.39, 0.29) is 28.8 Å². The molecule has 0 radical (unpaired) electrons. The Kier molecular flexibility index (Phi) is 9.59. The maximum atomic E-state index is 15.8. The number of ether oxygens (including phenoxy) is 2. The fraction of sp³-hybridized carbons (Fsp3) is 0.0882. The summed E-state index contributed by atoms with van der Waals surface area (Å²) in [5, 5.41) is 9.84. The molecule has 4 nitrogen and oxygen atoms in total. The molecule has 0 heterocycles. The smallest absolute Gasteiger partial charge is 0.182 e. The monoisotopic (exact) mass is 676 g/mol. The zero-order chi connectivity index (χ0) is 28.6. The van der Waals surface area contributed by atoms with Gasteiger partial charge in [-0.2, -0.15) is 0 Å². The third kappa shape index (κ3) is 7.48. The number of ketones is 1. The van der Waals surface area contributed by atoms with Crippen molar-refractivity contribution in [1.82, 2.24) is 0 Å². The van der Waals surface area contributed by atoms with Gasteiger partial charge in [0, 0.05) is 9.13 Å². The second-order valence-electron chi connectivity index (χ2n) is 9.22. The van der Waals surface area contributed by atoms with Gasteiger partial charge in [0.05, 0.1) is 10.1 Å². The lowest BCUT2D eigenvalue weighted by Crippen LogP contribution is -2.11. The highest BCUT2D eigenvalue weighted by Gasteiger charge is 2.28. The molecule has 206 valence electrons. The van der Waals surface area contributed by atoms with Crippen LogP contribution in [0.15, 0.2) is 126 Å². The van der Waals surface area contributed by atoms with Crippen LogP contribution in [-0.4, -0.2) is 10.9 Å². The van der Waals surface area contributed by atoms with Crippen molar-refractivity contribution in [2.45, 2.75) is 23.4 Å². The molecule has 1 atom stereocenters. The molecule has 5 aromatic carbocycles. The second kappa shape index (κ2) is 13.7. The highest BCUT2D eigenvalue weighted by Crippen LogP contribution is 2.45. The van der Waals surface area contributed by atoms with Crippen LogP contribution in [0.25, 0.3) is 0 Å². The molecule has 41 heavy (non-hydrogen) atoms. The molecule has 0 amide bonds. The van der Waals surface area contributed by atoms with Gasteiger partial charge in [-0.1, -0.05) is 84.9 Å².